The second-order valence-corrected chi connectivity index (χ2v) is 17.6. The quantitative estimate of drug-likeness (QED) is 0.119. The molecule has 53 heavy (non-hydrogen) atoms. The number of para-hydroxylation sites is 1. The van der Waals surface area contributed by atoms with Crippen molar-refractivity contribution in [2.24, 2.45) is 46.3 Å². The monoisotopic (exact) mass is 720 g/mol. The zero-order valence-corrected chi connectivity index (χ0v) is 31.9. The largest absolute Gasteiger partial charge is 0.481 e. The molecule has 11 atom stereocenters. The molecule has 8 heteroatoms. The number of aromatic nitrogens is 1. The van der Waals surface area contributed by atoms with Gasteiger partial charge < -0.3 is 25.7 Å². The third kappa shape index (κ3) is 6.68. The van der Waals surface area contributed by atoms with Gasteiger partial charge in [-0.15, -0.1) is 0 Å². The van der Waals surface area contributed by atoms with Crippen molar-refractivity contribution in [2.45, 2.75) is 117 Å². The summed E-state index contributed by atoms with van der Waals surface area (Å²) in [4.78, 5) is 28.6. The number of aliphatic carboxylic acids is 1. The van der Waals surface area contributed by atoms with Gasteiger partial charge in [0.25, 0.3) is 0 Å². The van der Waals surface area contributed by atoms with Crippen molar-refractivity contribution in [2.75, 3.05) is 5.32 Å². The van der Waals surface area contributed by atoms with Crippen molar-refractivity contribution in [3.05, 3.63) is 70.9 Å². The summed E-state index contributed by atoms with van der Waals surface area (Å²) in [6.07, 6.45) is 4.73. The highest BCUT2D eigenvalue weighted by Gasteiger charge is 2.66. The van der Waals surface area contributed by atoms with Crippen molar-refractivity contribution in [3.8, 4) is 11.8 Å². The number of fused-ring (bicyclic) bond motifs is 6. The number of nitrogens with zero attached hydrogens (tertiary/aromatic N) is 1. The molecule has 4 aliphatic carbocycles. The topological polar surface area (TPSA) is 140 Å². The molecular formula is C45H56N2O6. The van der Waals surface area contributed by atoms with Crippen LogP contribution in [0.15, 0.2) is 48.5 Å². The van der Waals surface area contributed by atoms with Gasteiger partial charge in [-0.3, -0.25) is 14.6 Å². The molecule has 7 unspecified atom stereocenters. The Morgan fingerprint density at radius 3 is 2.57 bits per heavy atom. The van der Waals surface area contributed by atoms with Crippen LogP contribution >= 0.6 is 0 Å². The number of benzene rings is 2. The number of nitrogens with one attached hydrogen (secondary N) is 1. The number of ketones is 1. The summed E-state index contributed by atoms with van der Waals surface area (Å²) in [5.74, 6) is 6.68. The van der Waals surface area contributed by atoms with E-state index in [0.717, 1.165) is 47.0 Å². The minimum atomic E-state index is -1.17. The van der Waals surface area contributed by atoms with Gasteiger partial charge in [0.1, 0.15) is 5.60 Å². The van der Waals surface area contributed by atoms with Crippen LogP contribution in [0, 0.1) is 65.1 Å². The number of carboxylic acid groups (broad SMARTS) is 1. The van der Waals surface area contributed by atoms with Crippen molar-refractivity contribution in [1.82, 2.24) is 4.98 Å². The maximum atomic E-state index is 12.6. The number of carbonyl (C=O) groups is 2. The minimum absolute atomic E-state index is 0.0365. The number of pyridine rings is 1. The molecule has 0 radical (unpaired) electrons. The average molecular weight is 721 g/mol. The lowest BCUT2D eigenvalue weighted by Crippen LogP contribution is -2.63. The molecule has 0 spiro atoms. The fourth-order valence-corrected chi connectivity index (χ4v) is 11.9. The number of hydrogen-bond acceptors (Lipinski definition) is 7. The summed E-state index contributed by atoms with van der Waals surface area (Å²) >= 11 is 0. The van der Waals surface area contributed by atoms with Gasteiger partial charge in [0.2, 0.25) is 0 Å². The lowest BCUT2D eigenvalue weighted by Gasteiger charge is -2.64. The van der Waals surface area contributed by atoms with E-state index >= 15 is 0 Å². The number of aryl methyl sites for hydroxylation is 1. The number of anilines is 1. The second kappa shape index (κ2) is 14.1. The number of aliphatic hydroxyl groups is 3. The number of Topliss-reactive ketones (excluding diaryl/α,β-unsaturated/α-hetero) is 1. The Kier molecular flexibility index (Phi) is 10.0. The standard InChI is InChI=1S/C45H56N2O6/c1-26(13-16-39(51)52)33-14-15-34-41-35(23-38(50)44(33,34)5)43(4)19-20-45(53,24-31(43)22-37(41)49)18-17-29-9-8-10-30(21-29)25-46-42-32-11-6-7-12-36(32)47-27(2)40(42)28(3)48/h6-12,21,26,31,33-35,37-38,41,49-50,53H,13-16,19-20,22-25H2,1-5H3,(H,46,47)(H,51,52)/t26-,31?,33-,34?,35?,37?,38?,41?,43+,44-,45?/m1/s1. The Hall–Kier alpha value is -3.77. The number of carbonyl (C=O) groups excluding carboxylic acids is 1. The van der Waals surface area contributed by atoms with Crippen LogP contribution in [0.5, 0.6) is 0 Å². The highest BCUT2D eigenvalue weighted by Crippen LogP contribution is 2.69. The summed E-state index contributed by atoms with van der Waals surface area (Å²) in [7, 11) is 0. The predicted molar refractivity (Wildman–Crippen MR) is 206 cm³/mol. The molecular weight excluding hydrogens is 665 g/mol. The Labute approximate surface area is 313 Å². The molecule has 8 nitrogen and oxygen atoms in total. The molecule has 0 amide bonds. The molecule has 7 rings (SSSR count). The lowest BCUT2D eigenvalue weighted by molar-refractivity contribution is -0.211. The number of carboxylic acids is 1. The third-order valence-corrected chi connectivity index (χ3v) is 14.7. The van der Waals surface area contributed by atoms with Gasteiger partial charge in [0.05, 0.1) is 34.7 Å². The molecule has 4 aliphatic rings. The zero-order chi connectivity index (χ0) is 37.9. The van der Waals surface area contributed by atoms with Gasteiger partial charge >= 0.3 is 5.97 Å². The molecule has 3 aromatic rings. The van der Waals surface area contributed by atoms with Crippen LogP contribution in [0.25, 0.3) is 10.9 Å². The smallest absolute Gasteiger partial charge is 0.303 e. The molecule has 2 aromatic carbocycles. The maximum Gasteiger partial charge on any atom is 0.303 e. The summed E-state index contributed by atoms with van der Waals surface area (Å²) < 4.78 is 0. The van der Waals surface area contributed by atoms with Crippen molar-refractivity contribution in [1.29, 1.82) is 0 Å². The van der Waals surface area contributed by atoms with Gasteiger partial charge in [0, 0.05) is 23.9 Å². The number of aliphatic hydroxyl groups excluding tert-OH is 2. The fraction of sp³-hybridized carbons (Fsp3) is 0.578. The van der Waals surface area contributed by atoms with Gasteiger partial charge in [-0.05, 0) is 135 Å². The molecule has 5 N–H and O–H groups in total. The van der Waals surface area contributed by atoms with E-state index < -0.39 is 23.8 Å². The van der Waals surface area contributed by atoms with Crippen LogP contribution in [0.2, 0.25) is 0 Å². The highest BCUT2D eigenvalue weighted by atomic mass is 16.4. The van der Waals surface area contributed by atoms with E-state index in [4.69, 9.17) is 0 Å². The van der Waals surface area contributed by atoms with E-state index in [0.29, 0.717) is 49.9 Å². The molecule has 0 aliphatic heterocycles. The normalized spacial score (nSPS) is 35.3. The first-order chi connectivity index (χ1) is 25.1. The molecule has 1 aromatic heterocycles. The number of hydrogen-bond donors (Lipinski definition) is 5. The minimum Gasteiger partial charge on any atom is -0.481 e. The molecule has 1 heterocycles. The van der Waals surface area contributed by atoms with Gasteiger partial charge in [-0.1, -0.05) is 62.9 Å². The second-order valence-electron chi connectivity index (χ2n) is 17.6. The van der Waals surface area contributed by atoms with Crippen molar-refractivity contribution >= 4 is 28.3 Å². The van der Waals surface area contributed by atoms with E-state index in [2.05, 4.69) is 42.9 Å². The molecule has 282 valence electrons. The van der Waals surface area contributed by atoms with E-state index in [9.17, 15) is 30.0 Å². The Morgan fingerprint density at radius 2 is 1.81 bits per heavy atom. The third-order valence-electron chi connectivity index (χ3n) is 14.7. The van der Waals surface area contributed by atoms with Gasteiger partial charge in [-0.2, -0.15) is 0 Å². The van der Waals surface area contributed by atoms with E-state index in [1.54, 1.807) is 6.92 Å². The van der Waals surface area contributed by atoms with Crippen molar-refractivity contribution in [3.63, 3.8) is 0 Å². The van der Waals surface area contributed by atoms with E-state index in [1.165, 1.54) is 0 Å². The molecule has 4 fully saturated rings. The maximum absolute atomic E-state index is 12.6. The first-order valence-electron chi connectivity index (χ1n) is 19.7. The predicted octanol–water partition coefficient (Wildman–Crippen LogP) is 7.54. The molecule has 0 saturated heterocycles. The highest BCUT2D eigenvalue weighted by molar-refractivity contribution is 6.08. The number of rotatable bonds is 8. The lowest BCUT2D eigenvalue weighted by atomic mass is 9.42. The summed E-state index contributed by atoms with van der Waals surface area (Å²) in [6.45, 7) is 10.6. The summed E-state index contributed by atoms with van der Waals surface area (Å²) in [5, 5.41) is 49.4. The summed E-state index contributed by atoms with van der Waals surface area (Å²) in [5.41, 5.74) is 3.08. The first-order valence-corrected chi connectivity index (χ1v) is 19.7. The van der Waals surface area contributed by atoms with E-state index in [1.807, 2.05) is 55.5 Å². The zero-order valence-electron chi connectivity index (χ0n) is 31.9. The van der Waals surface area contributed by atoms with Crippen LogP contribution in [0.4, 0.5) is 5.69 Å². The Balaban J connectivity index is 1.06. The average Bonchev–Trinajstić information content (AvgIpc) is 3.48. The Morgan fingerprint density at radius 1 is 1.04 bits per heavy atom. The fourth-order valence-electron chi connectivity index (χ4n) is 11.9. The SMILES string of the molecule is CC(=O)c1c(C)nc2ccccc2c1NCc1cccc(C#CC2(O)CC[C@@]3(C)C(CC(O)C4C3CC(O)[C@@]3(C)C4CC[C@@H]3[C@H](C)CCC(=O)O)C2)c1. The summed E-state index contributed by atoms with van der Waals surface area (Å²) in [6, 6.07) is 15.8. The van der Waals surface area contributed by atoms with E-state index in [-0.39, 0.29) is 58.5 Å². The molecule has 4 saturated carbocycles. The Bertz CT molecular complexity index is 1970. The van der Waals surface area contributed by atoms with Crippen LogP contribution in [0.3, 0.4) is 0 Å². The van der Waals surface area contributed by atoms with Gasteiger partial charge in [-0.25, -0.2) is 0 Å². The van der Waals surface area contributed by atoms with Crippen LogP contribution in [-0.4, -0.2) is 55.0 Å². The van der Waals surface area contributed by atoms with Crippen molar-refractivity contribution < 1.29 is 30.0 Å². The van der Waals surface area contributed by atoms with Crippen LogP contribution in [-0.2, 0) is 11.3 Å². The van der Waals surface area contributed by atoms with Crippen LogP contribution < -0.4 is 5.32 Å². The van der Waals surface area contributed by atoms with Crippen LogP contribution in [0.1, 0.15) is 113 Å². The van der Waals surface area contributed by atoms with Gasteiger partial charge in [0.15, 0.2) is 5.78 Å². The first kappa shape index (κ1) is 37.5. The molecule has 0 bridgehead atoms.